The van der Waals surface area contributed by atoms with Crippen molar-refractivity contribution in [2.75, 3.05) is 0 Å². The summed E-state index contributed by atoms with van der Waals surface area (Å²) in [6, 6.07) is 0.169. The molecule has 1 amide bonds. The lowest BCUT2D eigenvalue weighted by Crippen LogP contribution is -2.62. The van der Waals surface area contributed by atoms with E-state index in [1.807, 2.05) is 13.8 Å². The van der Waals surface area contributed by atoms with E-state index >= 15 is 0 Å². The fourth-order valence-electron chi connectivity index (χ4n) is 9.09. The molecule has 5 nitrogen and oxygen atoms in total. The number of hydrogen-bond acceptors (Lipinski definition) is 4. The molecule has 0 aromatic carbocycles. The second kappa shape index (κ2) is 8.85. The minimum atomic E-state index is -0.359. The van der Waals surface area contributed by atoms with Crippen molar-refractivity contribution < 1.29 is 20.1 Å². The molecule has 0 heterocycles. The third kappa shape index (κ3) is 3.94. The molecule has 0 aromatic heterocycles. The predicted molar refractivity (Wildman–Crippen MR) is 126 cm³/mol. The Balaban J connectivity index is 1.52. The highest BCUT2D eigenvalue weighted by Crippen LogP contribution is 2.68. The largest absolute Gasteiger partial charge is 0.393 e. The number of fused-ring (bicyclic) bond motifs is 5. The normalized spacial score (nSPS) is 49.2. The Morgan fingerprint density at radius 1 is 1.00 bits per heavy atom. The van der Waals surface area contributed by atoms with Crippen LogP contribution in [0.5, 0.6) is 0 Å². The lowest BCUT2D eigenvalue weighted by molar-refractivity contribution is -0.207. The highest BCUT2D eigenvalue weighted by atomic mass is 16.3. The van der Waals surface area contributed by atoms with Gasteiger partial charge in [-0.3, -0.25) is 4.79 Å². The van der Waals surface area contributed by atoms with Crippen molar-refractivity contribution in [3.8, 4) is 0 Å². The molecular formula is C27H47NO4. The van der Waals surface area contributed by atoms with Gasteiger partial charge >= 0.3 is 0 Å². The van der Waals surface area contributed by atoms with Crippen LogP contribution in [0.15, 0.2) is 0 Å². The lowest BCUT2D eigenvalue weighted by Gasteiger charge is -2.63. The first kappa shape index (κ1) is 24.5. The van der Waals surface area contributed by atoms with Gasteiger partial charge in [-0.25, -0.2) is 0 Å². The van der Waals surface area contributed by atoms with Crippen LogP contribution in [-0.2, 0) is 4.79 Å². The van der Waals surface area contributed by atoms with Crippen molar-refractivity contribution in [3.63, 3.8) is 0 Å². The molecule has 32 heavy (non-hydrogen) atoms. The van der Waals surface area contributed by atoms with Gasteiger partial charge in [0.1, 0.15) is 0 Å². The molecular weight excluding hydrogens is 402 g/mol. The van der Waals surface area contributed by atoms with E-state index in [0.29, 0.717) is 36.0 Å². The van der Waals surface area contributed by atoms with Crippen LogP contribution >= 0.6 is 0 Å². The van der Waals surface area contributed by atoms with Crippen molar-refractivity contribution in [1.29, 1.82) is 0 Å². The lowest BCUT2D eigenvalue weighted by atomic mass is 9.43. The molecule has 0 aromatic rings. The van der Waals surface area contributed by atoms with Gasteiger partial charge in [0.2, 0.25) is 5.91 Å². The SMILES string of the molecule is CC(C)NC(=O)CC[C@@H](C)[C@H]1CC[C@H]2[C@@H]3[C@@H](O)CC4C[C@@H](O)CC[C@]4(C)[C@H]3C[C@@H](O)[C@]12C. The Bertz CT molecular complexity index is 697. The molecule has 1 unspecified atom stereocenters. The molecule has 0 bridgehead atoms. The summed E-state index contributed by atoms with van der Waals surface area (Å²) in [6.07, 6.45) is 6.86. The number of carbonyl (C=O) groups is 1. The highest BCUT2D eigenvalue weighted by molar-refractivity contribution is 5.76. The molecule has 0 radical (unpaired) electrons. The van der Waals surface area contributed by atoms with Crippen LogP contribution in [0.3, 0.4) is 0 Å². The summed E-state index contributed by atoms with van der Waals surface area (Å²) < 4.78 is 0. The quantitative estimate of drug-likeness (QED) is 0.513. The number of amides is 1. The molecule has 4 rings (SSSR count). The molecule has 4 aliphatic carbocycles. The molecule has 0 spiro atoms. The number of hydrogen-bond donors (Lipinski definition) is 4. The van der Waals surface area contributed by atoms with Crippen molar-refractivity contribution in [1.82, 2.24) is 5.32 Å². The maximum Gasteiger partial charge on any atom is 0.220 e. The fourth-order valence-corrected chi connectivity index (χ4v) is 9.09. The summed E-state index contributed by atoms with van der Waals surface area (Å²) in [5.74, 6) is 2.17. The van der Waals surface area contributed by atoms with Crippen molar-refractivity contribution in [2.45, 2.75) is 117 Å². The minimum Gasteiger partial charge on any atom is -0.393 e. The summed E-state index contributed by atoms with van der Waals surface area (Å²) in [6.45, 7) is 10.9. The van der Waals surface area contributed by atoms with Gasteiger partial charge in [0, 0.05) is 12.5 Å². The molecule has 11 atom stereocenters. The number of aliphatic hydroxyl groups excluding tert-OH is 3. The fraction of sp³-hybridized carbons (Fsp3) is 0.963. The molecule has 184 valence electrons. The van der Waals surface area contributed by atoms with E-state index < -0.39 is 0 Å². The van der Waals surface area contributed by atoms with Gasteiger partial charge in [-0.1, -0.05) is 20.8 Å². The Labute approximate surface area is 194 Å². The number of rotatable bonds is 5. The average molecular weight is 450 g/mol. The Kier molecular flexibility index (Phi) is 6.77. The maximum absolute atomic E-state index is 12.2. The molecule has 0 saturated heterocycles. The summed E-state index contributed by atoms with van der Waals surface area (Å²) in [5, 5.41) is 36.2. The van der Waals surface area contributed by atoms with E-state index in [1.54, 1.807) is 0 Å². The van der Waals surface area contributed by atoms with Crippen molar-refractivity contribution >= 4 is 5.91 Å². The zero-order chi connectivity index (χ0) is 23.4. The second-order valence-electron chi connectivity index (χ2n) is 12.8. The van der Waals surface area contributed by atoms with Crippen LogP contribution < -0.4 is 5.32 Å². The topological polar surface area (TPSA) is 89.8 Å². The highest BCUT2D eigenvalue weighted by Gasteiger charge is 2.65. The summed E-state index contributed by atoms with van der Waals surface area (Å²) in [5.41, 5.74) is -0.0719. The van der Waals surface area contributed by atoms with Gasteiger partial charge in [0.15, 0.2) is 0 Å². The number of nitrogens with one attached hydrogen (secondary N) is 1. The first-order valence-corrected chi connectivity index (χ1v) is 13.3. The average Bonchev–Trinajstić information content (AvgIpc) is 3.06. The molecule has 5 heteroatoms. The van der Waals surface area contributed by atoms with Crippen molar-refractivity contribution in [3.05, 3.63) is 0 Å². The Hall–Kier alpha value is -0.650. The van der Waals surface area contributed by atoms with Crippen LogP contribution in [-0.4, -0.2) is 45.6 Å². The van der Waals surface area contributed by atoms with Gasteiger partial charge in [0.25, 0.3) is 0 Å². The number of aliphatic hydroxyl groups is 3. The summed E-state index contributed by atoms with van der Waals surface area (Å²) in [7, 11) is 0. The monoisotopic (exact) mass is 449 g/mol. The third-order valence-electron chi connectivity index (χ3n) is 10.8. The smallest absolute Gasteiger partial charge is 0.220 e. The molecule has 4 N–H and O–H groups in total. The van der Waals surface area contributed by atoms with Crippen molar-refractivity contribution in [2.24, 2.45) is 46.3 Å². The first-order chi connectivity index (χ1) is 15.0. The van der Waals surface area contributed by atoms with E-state index in [4.69, 9.17) is 0 Å². The first-order valence-electron chi connectivity index (χ1n) is 13.3. The van der Waals surface area contributed by atoms with Gasteiger partial charge in [-0.15, -0.1) is 0 Å². The van der Waals surface area contributed by atoms with Gasteiger partial charge in [-0.2, -0.15) is 0 Å². The van der Waals surface area contributed by atoms with E-state index in [1.165, 1.54) is 0 Å². The zero-order valence-electron chi connectivity index (χ0n) is 20.9. The Morgan fingerprint density at radius 3 is 2.41 bits per heavy atom. The summed E-state index contributed by atoms with van der Waals surface area (Å²) >= 11 is 0. The van der Waals surface area contributed by atoms with Gasteiger partial charge < -0.3 is 20.6 Å². The zero-order valence-corrected chi connectivity index (χ0v) is 20.9. The maximum atomic E-state index is 12.2. The van der Waals surface area contributed by atoms with Gasteiger partial charge in [0.05, 0.1) is 18.3 Å². The van der Waals surface area contributed by atoms with E-state index in [2.05, 4.69) is 26.1 Å². The number of carbonyl (C=O) groups excluding carboxylic acids is 1. The van der Waals surface area contributed by atoms with E-state index in [0.717, 1.165) is 51.4 Å². The van der Waals surface area contributed by atoms with E-state index in [9.17, 15) is 20.1 Å². The molecule has 4 fully saturated rings. The van der Waals surface area contributed by atoms with Crippen LogP contribution in [0, 0.1) is 46.3 Å². The predicted octanol–water partition coefficient (Wildman–Crippen LogP) is 3.89. The van der Waals surface area contributed by atoms with Crippen LogP contribution in [0.2, 0.25) is 0 Å². The van der Waals surface area contributed by atoms with Crippen LogP contribution in [0.4, 0.5) is 0 Å². The second-order valence-corrected chi connectivity index (χ2v) is 12.8. The Morgan fingerprint density at radius 2 is 1.72 bits per heavy atom. The van der Waals surface area contributed by atoms with Gasteiger partial charge in [-0.05, 0) is 112 Å². The van der Waals surface area contributed by atoms with E-state index in [-0.39, 0.29) is 47.0 Å². The summed E-state index contributed by atoms with van der Waals surface area (Å²) in [4.78, 5) is 12.2. The van der Waals surface area contributed by atoms with Crippen LogP contribution in [0.1, 0.15) is 92.4 Å². The van der Waals surface area contributed by atoms with Crippen LogP contribution in [0.25, 0.3) is 0 Å². The molecule has 4 aliphatic rings. The molecule has 0 aliphatic heterocycles. The molecule has 4 saturated carbocycles. The standard InChI is InChI=1S/C27H47NO4/c1-15(2)28-24(32)9-6-16(3)19-7-8-20-25-21(14-23(31)27(19,20)5)26(4)11-10-18(29)12-17(26)13-22(25)30/h15-23,25,29-31H,6-14H2,1-5H3,(H,28,32)/t16-,17?,18+,19-,20+,21+,22+,23-,25+,26+,27-/m1/s1. The minimum absolute atomic E-state index is 0.115. The third-order valence-corrected chi connectivity index (χ3v) is 10.8.